The summed E-state index contributed by atoms with van der Waals surface area (Å²) in [6, 6.07) is 4.01. The van der Waals surface area contributed by atoms with Crippen molar-refractivity contribution in [1.82, 2.24) is 28.7 Å². The third kappa shape index (κ3) is 4.40. The Hall–Kier alpha value is -3.00. The Bertz CT molecular complexity index is 1480. The summed E-state index contributed by atoms with van der Waals surface area (Å²) in [5, 5.41) is 13.0. The number of sulfonamides is 1. The van der Waals surface area contributed by atoms with Crippen LogP contribution in [-0.2, 0) is 17.1 Å². The van der Waals surface area contributed by atoms with Crippen molar-refractivity contribution < 1.29 is 8.42 Å². The number of nitrogens with one attached hydrogen (secondary N) is 1. The molecular formula is C22H29N9O2S2. The first-order valence-electron chi connectivity index (χ1n) is 11.3. The van der Waals surface area contributed by atoms with Crippen LogP contribution in [0.2, 0.25) is 0 Å². The van der Waals surface area contributed by atoms with Gasteiger partial charge < -0.3 is 16.0 Å². The number of hydrogen-bond donors (Lipinski definition) is 2. The Balaban J connectivity index is 1.60. The number of rotatable bonds is 6. The van der Waals surface area contributed by atoms with E-state index in [2.05, 4.69) is 20.4 Å². The van der Waals surface area contributed by atoms with Crippen LogP contribution in [-0.4, -0.2) is 70.3 Å². The molecule has 0 aliphatic carbocycles. The molecule has 0 spiro atoms. The summed E-state index contributed by atoms with van der Waals surface area (Å²) in [4.78, 5) is 7.20. The highest BCUT2D eigenvalue weighted by molar-refractivity contribution is 7.91. The van der Waals surface area contributed by atoms with Crippen LogP contribution in [0.4, 0.5) is 16.6 Å². The summed E-state index contributed by atoms with van der Waals surface area (Å²) >= 11 is 1.20. The van der Waals surface area contributed by atoms with E-state index < -0.39 is 10.0 Å². The Labute approximate surface area is 208 Å². The maximum atomic E-state index is 12.7. The third-order valence-corrected chi connectivity index (χ3v) is 9.76. The quantitative estimate of drug-likeness (QED) is 0.401. The van der Waals surface area contributed by atoms with Gasteiger partial charge in [-0.25, -0.2) is 17.7 Å². The van der Waals surface area contributed by atoms with Gasteiger partial charge in [0.1, 0.15) is 15.8 Å². The molecule has 11 nitrogen and oxygen atoms in total. The van der Waals surface area contributed by atoms with Crippen molar-refractivity contribution >= 4 is 43.6 Å². The highest BCUT2D eigenvalue weighted by Gasteiger charge is 2.24. The van der Waals surface area contributed by atoms with Crippen LogP contribution in [0, 0.1) is 6.92 Å². The molecule has 1 aliphatic rings. The molecule has 3 N–H and O–H groups in total. The third-order valence-electron chi connectivity index (χ3n) is 6.18. The maximum Gasteiger partial charge on any atom is 0.252 e. The number of aryl methyl sites for hydroxylation is 2. The summed E-state index contributed by atoms with van der Waals surface area (Å²) in [7, 11) is 1.41. The van der Waals surface area contributed by atoms with Crippen LogP contribution < -0.4 is 16.0 Å². The number of nitrogens with zero attached hydrogens (tertiary/aromatic N) is 7. The van der Waals surface area contributed by atoms with E-state index in [1.807, 2.05) is 25.4 Å². The summed E-state index contributed by atoms with van der Waals surface area (Å²) in [6.07, 6.45) is 7.31. The van der Waals surface area contributed by atoms with Crippen molar-refractivity contribution in [2.75, 3.05) is 37.4 Å². The van der Waals surface area contributed by atoms with Crippen LogP contribution in [0.15, 0.2) is 34.9 Å². The lowest BCUT2D eigenvalue weighted by Crippen LogP contribution is -2.40. The Morgan fingerprint density at radius 1 is 1.17 bits per heavy atom. The molecular weight excluding hydrogens is 486 g/mol. The fraction of sp³-hybridized carbons (Fsp3) is 0.409. The molecule has 0 atom stereocenters. The summed E-state index contributed by atoms with van der Waals surface area (Å²) in [6.45, 7) is 3.45. The average molecular weight is 516 g/mol. The highest BCUT2D eigenvalue weighted by Crippen LogP contribution is 2.35. The molecule has 5 rings (SSSR count). The van der Waals surface area contributed by atoms with Gasteiger partial charge in [0.2, 0.25) is 0 Å². The minimum absolute atomic E-state index is 0.208. The summed E-state index contributed by atoms with van der Waals surface area (Å²) < 4.78 is 30.5. The maximum absolute atomic E-state index is 12.7. The van der Waals surface area contributed by atoms with E-state index in [-0.39, 0.29) is 6.04 Å². The van der Waals surface area contributed by atoms with Gasteiger partial charge in [0.15, 0.2) is 5.65 Å². The van der Waals surface area contributed by atoms with E-state index >= 15 is 0 Å². The number of nitrogens with two attached hydrogens (primary N) is 1. The SMILES string of the molecule is Cc1cc(Nc2cc(N3CCC(N)CC3)nc3c(-c4cnn(C)c4)cnn23)sc1S(=O)(=O)N(C)C. The Morgan fingerprint density at radius 3 is 2.57 bits per heavy atom. The number of fused-ring (bicyclic) bond motifs is 1. The van der Waals surface area contributed by atoms with E-state index in [0.717, 1.165) is 42.9 Å². The molecule has 13 heteroatoms. The van der Waals surface area contributed by atoms with E-state index in [9.17, 15) is 8.42 Å². The molecule has 5 heterocycles. The van der Waals surface area contributed by atoms with Crippen LogP contribution in [0.3, 0.4) is 0 Å². The van der Waals surface area contributed by atoms with Gasteiger partial charge in [-0.05, 0) is 31.4 Å². The lowest BCUT2D eigenvalue weighted by Gasteiger charge is -2.31. The zero-order valence-corrected chi connectivity index (χ0v) is 21.8. The molecule has 0 unspecified atom stereocenters. The van der Waals surface area contributed by atoms with E-state index in [1.54, 1.807) is 28.5 Å². The molecule has 1 aliphatic heterocycles. The minimum atomic E-state index is -3.53. The van der Waals surface area contributed by atoms with Crippen molar-refractivity contribution in [3.8, 4) is 11.1 Å². The van der Waals surface area contributed by atoms with Gasteiger partial charge in [0, 0.05) is 63.7 Å². The van der Waals surface area contributed by atoms with Gasteiger partial charge in [-0.15, -0.1) is 11.3 Å². The monoisotopic (exact) mass is 515 g/mol. The molecule has 0 aromatic carbocycles. The van der Waals surface area contributed by atoms with Crippen molar-refractivity contribution in [3.63, 3.8) is 0 Å². The van der Waals surface area contributed by atoms with Crippen molar-refractivity contribution in [1.29, 1.82) is 0 Å². The first-order valence-corrected chi connectivity index (χ1v) is 13.6. The van der Waals surface area contributed by atoms with Gasteiger partial charge in [-0.2, -0.15) is 14.7 Å². The fourth-order valence-corrected chi connectivity index (χ4v) is 6.91. The topological polar surface area (TPSA) is 127 Å². The molecule has 0 saturated carbocycles. The molecule has 0 bridgehead atoms. The zero-order valence-electron chi connectivity index (χ0n) is 20.1. The van der Waals surface area contributed by atoms with Crippen LogP contribution in [0.1, 0.15) is 18.4 Å². The summed E-state index contributed by atoms with van der Waals surface area (Å²) in [5.41, 5.74) is 9.30. The normalized spacial score (nSPS) is 15.4. The molecule has 0 radical (unpaired) electrons. The van der Waals surface area contributed by atoms with Crippen LogP contribution in [0.25, 0.3) is 16.8 Å². The number of anilines is 3. The predicted molar refractivity (Wildman–Crippen MR) is 138 cm³/mol. The van der Waals surface area contributed by atoms with Crippen LogP contribution in [0.5, 0.6) is 0 Å². The predicted octanol–water partition coefficient (Wildman–Crippen LogP) is 2.42. The number of aromatic nitrogens is 5. The molecule has 186 valence electrons. The van der Waals surface area contributed by atoms with Crippen LogP contribution >= 0.6 is 11.3 Å². The molecule has 35 heavy (non-hydrogen) atoms. The lowest BCUT2D eigenvalue weighted by atomic mass is 10.1. The minimum Gasteiger partial charge on any atom is -0.356 e. The van der Waals surface area contributed by atoms with Gasteiger partial charge in [-0.1, -0.05) is 0 Å². The second-order valence-electron chi connectivity index (χ2n) is 9.01. The fourth-order valence-electron chi connectivity index (χ4n) is 4.17. The van der Waals surface area contributed by atoms with Crippen molar-refractivity contribution in [3.05, 3.63) is 36.3 Å². The van der Waals surface area contributed by atoms with Gasteiger partial charge >= 0.3 is 0 Å². The first-order chi connectivity index (χ1) is 16.6. The zero-order chi connectivity index (χ0) is 24.9. The van der Waals surface area contributed by atoms with E-state index in [1.165, 1.54) is 29.7 Å². The second-order valence-corrected chi connectivity index (χ2v) is 12.4. The number of hydrogen-bond acceptors (Lipinski definition) is 9. The van der Waals surface area contributed by atoms with Gasteiger partial charge in [-0.3, -0.25) is 4.68 Å². The van der Waals surface area contributed by atoms with Gasteiger partial charge in [0.25, 0.3) is 10.0 Å². The number of piperidine rings is 1. The largest absolute Gasteiger partial charge is 0.356 e. The number of thiophene rings is 1. The first kappa shape index (κ1) is 23.7. The standard InChI is InChI=1S/C22H29N9O2S2/c1-14-9-20(34-22(14)35(32,33)28(2)3)26-19-10-18(30-7-5-16(23)6-8-30)27-21-17(12-25-31(19)21)15-11-24-29(4)13-15/h9-13,16,26H,5-8,23H2,1-4H3. The summed E-state index contributed by atoms with van der Waals surface area (Å²) in [5.74, 6) is 1.53. The van der Waals surface area contributed by atoms with Crippen molar-refractivity contribution in [2.45, 2.75) is 30.0 Å². The Kier molecular flexibility index (Phi) is 6.03. The van der Waals surface area contributed by atoms with E-state index in [0.29, 0.717) is 26.2 Å². The highest BCUT2D eigenvalue weighted by atomic mass is 32.2. The molecule has 1 saturated heterocycles. The van der Waals surface area contributed by atoms with E-state index in [4.69, 9.17) is 10.7 Å². The van der Waals surface area contributed by atoms with Gasteiger partial charge in [0.05, 0.1) is 17.4 Å². The molecule has 0 amide bonds. The average Bonchev–Trinajstić information content (AvgIpc) is 3.52. The second kappa shape index (κ2) is 8.90. The molecule has 4 aromatic rings. The smallest absolute Gasteiger partial charge is 0.252 e. The molecule has 1 fully saturated rings. The Morgan fingerprint density at radius 2 is 1.91 bits per heavy atom. The molecule has 4 aromatic heterocycles. The lowest BCUT2D eigenvalue weighted by molar-refractivity contribution is 0.499. The van der Waals surface area contributed by atoms with Crippen molar-refractivity contribution in [2.24, 2.45) is 12.8 Å².